The molecular formula is C23H21N3O6S. The zero-order valence-corrected chi connectivity index (χ0v) is 18.5. The van der Waals surface area contributed by atoms with Crippen LogP contribution in [0.2, 0.25) is 0 Å². The summed E-state index contributed by atoms with van der Waals surface area (Å²) in [5.41, 5.74) is 0.700. The second-order valence-corrected chi connectivity index (χ2v) is 9.25. The molecule has 3 aromatic carbocycles. The van der Waals surface area contributed by atoms with Crippen LogP contribution < -0.4 is 10.6 Å². The van der Waals surface area contributed by atoms with E-state index in [2.05, 4.69) is 10.6 Å². The molecule has 3 rings (SSSR count). The Morgan fingerprint density at radius 1 is 0.939 bits per heavy atom. The molecule has 0 heterocycles. The Kier molecular flexibility index (Phi) is 7.19. The lowest BCUT2D eigenvalue weighted by molar-refractivity contribution is -0.385. The summed E-state index contributed by atoms with van der Waals surface area (Å²) in [5, 5.41) is 16.5. The molecule has 0 aliphatic carbocycles. The number of anilines is 1. The fraction of sp³-hybridized carbons (Fsp3) is 0.130. The summed E-state index contributed by atoms with van der Waals surface area (Å²) in [6.07, 6.45) is 1.52. The van der Waals surface area contributed by atoms with E-state index in [0.29, 0.717) is 13.0 Å². The molecule has 9 nitrogen and oxygen atoms in total. The fourth-order valence-corrected chi connectivity index (χ4v) is 3.75. The van der Waals surface area contributed by atoms with Crippen LogP contribution >= 0.6 is 0 Å². The molecule has 170 valence electrons. The van der Waals surface area contributed by atoms with Gasteiger partial charge in [0.1, 0.15) is 0 Å². The van der Waals surface area contributed by atoms with Crippen LogP contribution in [0.3, 0.4) is 0 Å². The van der Waals surface area contributed by atoms with Crippen LogP contribution in [0.1, 0.15) is 26.3 Å². The van der Waals surface area contributed by atoms with Crippen LogP contribution in [-0.4, -0.2) is 38.0 Å². The van der Waals surface area contributed by atoms with Gasteiger partial charge in [-0.2, -0.15) is 0 Å². The SMILES string of the molecule is CS(=O)(=O)c1cc(C(=O)Nc2ccccc2C(=O)NCCc2ccccc2)cc([N+](=O)[O-])c1. The second-order valence-electron chi connectivity index (χ2n) is 7.24. The summed E-state index contributed by atoms with van der Waals surface area (Å²) in [6.45, 7) is 0.383. The number of carbonyl (C=O) groups is 2. The number of hydrogen-bond donors (Lipinski definition) is 2. The second kappa shape index (κ2) is 10.0. The first-order valence-corrected chi connectivity index (χ1v) is 11.8. The summed E-state index contributed by atoms with van der Waals surface area (Å²) in [6, 6.07) is 18.8. The average Bonchev–Trinajstić information content (AvgIpc) is 2.79. The first-order valence-electron chi connectivity index (χ1n) is 9.87. The third-order valence-corrected chi connectivity index (χ3v) is 5.85. The monoisotopic (exact) mass is 467 g/mol. The number of nitrogens with one attached hydrogen (secondary N) is 2. The van der Waals surface area contributed by atoms with Crippen molar-refractivity contribution in [1.29, 1.82) is 0 Å². The number of carbonyl (C=O) groups excluding carboxylic acids is 2. The minimum atomic E-state index is -3.79. The molecule has 0 bridgehead atoms. The average molecular weight is 468 g/mol. The lowest BCUT2D eigenvalue weighted by Gasteiger charge is -2.12. The van der Waals surface area contributed by atoms with Gasteiger partial charge in [0.2, 0.25) is 0 Å². The van der Waals surface area contributed by atoms with E-state index in [9.17, 15) is 28.1 Å². The van der Waals surface area contributed by atoms with Gasteiger partial charge in [-0.05, 0) is 30.2 Å². The zero-order chi connectivity index (χ0) is 24.0. The Hall–Kier alpha value is -4.05. The van der Waals surface area contributed by atoms with E-state index in [0.717, 1.165) is 30.0 Å². The van der Waals surface area contributed by atoms with Crippen molar-refractivity contribution in [2.75, 3.05) is 18.1 Å². The molecule has 2 amide bonds. The van der Waals surface area contributed by atoms with Crippen molar-refractivity contribution < 1.29 is 22.9 Å². The number of benzene rings is 3. The first kappa shape index (κ1) is 23.6. The number of nitro groups is 1. The highest BCUT2D eigenvalue weighted by molar-refractivity contribution is 7.90. The van der Waals surface area contributed by atoms with Gasteiger partial charge in [-0.25, -0.2) is 8.42 Å². The minimum absolute atomic E-state index is 0.187. The molecule has 3 aromatic rings. The lowest BCUT2D eigenvalue weighted by Crippen LogP contribution is -2.27. The number of sulfone groups is 1. The third-order valence-electron chi connectivity index (χ3n) is 4.75. The standard InChI is InChI=1S/C23H21N3O6S/c1-33(31,32)19-14-17(13-18(15-19)26(29)30)22(27)25-21-10-6-5-9-20(21)23(28)24-12-11-16-7-3-2-4-8-16/h2-10,13-15H,11-12H2,1H3,(H,24,28)(H,25,27). The van der Waals surface area contributed by atoms with Gasteiger partial charge in [0.15, 0.2) is 9.84 Å². The predicted octanol–water partition coefficient (Wildman–Crippen LogP) is 3.22. The molecule has 0 aliphatic heterocycles. The van der Waals surface area contributed by atoms with Crippen LogP contribution in [0.4, 0.5) is 11.4 Å². The molecular weight excluding hydrogens is 446 g/mol. The molecule has 0 saturated heterocycles. The minimum Gasteiger partial charge on any atom is -0.352 e. The van der Waals surface area contributed by atoms with Crippen molar-refractivity contribution >= 4 is 33.0 Å². The molecule has 10 heteroatoms. The predicted molar refractivity (Wildman–Crippen MR) is 123 cm³/mol. The number of nitro benzene ring substituents is 1. The molecule has 0 radical (unpaired) electrons. The van der Waals surface area contributed by atoms with E-state index < -0.39 is 32.3 Å². The number of hydrogen-bond acceptors (Lipinski definition) is 6. The Labute approximate surface area is 190 Å². The van der Waals surface area contributed by atoms with E-state index in [1.807, 2.05) is 30.3 Å². The summed E-state index contributed by atoms with van der Waals surface area (Å²) in [5.74, 6) is -1.19. The summed E-state index contributed by atoms with van der Waals surface area (Å²) >= 11 is 0. The number of rotatable bonds is 8. The number of para-hydroxylation sites is 1. The highest BCUT2D eigenvalue weighted by atomic mass is 32.2. The highest BCUT2D eigenvalue weighted by Gasteiger charge is 2.20. The van der Waals surface area contributed by atoms with E-state index in [-0.39, 0.29) is 21.7 Å². The van der Waals surface area contributed by atoms with Gasteiger partial charge >= 0.3 is 0 Å². The molecule has 33 heavy (non-hydrogen) atoms. The van der Waals surface area contributed by atoms with E-state index >= 15 is 0 Å². The van der Waals surface area contributed by atoms with Crippen LogP contribution in [0.25, 0.3) is 0 Å². The smallest absolute Gasteiger partial charge is 0.271 e. The Bertz CT molecular complexity index is 1310. The van der Waals surface area contributed by atoms with E-state index in [4.69, 9.17) is 0 Å². The lowest BCUT2D eigenvalue weighted by atomic mass is 10.1. The van der Waals surface area contributed by atoms with Gasteiger partial charge in [-0.15, -0.1) is 0 Å². The number of nitrogens with zero attached hydrogens (tertiary/aromatic N) is 1. The van der Waals surface area contributed by atoms with Gasteiger partial charge in [-0.3, -0.25) is 19.7 Å². The van der Waals surface area contributed by atoms with Crippen molar-refractivity contribution in [3.8, 4) is 0 Å². The van der Waals surface area contributed by atoms with Gasteiger partial charge in [-0.1, -0.05) is 42.5 Å². The van der Waals surface area contributed by atoms with E-state index in [1.54, 1.807) is 12.1 Å². The zero-order valence-electron chi connectivity index (χ0n) is 17.6. The van der Waals surface area contributed by atoms with Crippen LogP contribution in [0.15, 0.2) is 77.7 Å². The van der Waals surface area contributed by atoms with Crippen molar-refractivity contribution in [2.45, 2.75) is 11.3 Å². The summed E-state index contributed by atoms with van der Waals surface area (Å²) in [7, 11) is -3.79. The summed E-state index contributed by atoms with van der Waals surface area (Å²) in [4.78, 5) is 35.5. The van der Waals surface area contributed by atoms with E-state index in [1.165, 1.54) is 12.1 Å². The molecule has 0 saturated carbocycles. The maximum atomic E-state index is 12.8. The van der Waals surface area contributed by atoms with Gasteiger partial charge in [0, 0.05) is 30.5 Å². The fourth-order valence-electron chi connectivity index (χ4n) is 3.08. The van der Waals surface area contributed by atoms with Crippen molar-refractivity contribution in [3.63, 3.8) is 0 Å². The quantitative estimate of drug-likeness (QED) is 0.386. The van der Waals surface area contributed by atoms with Crippen LogP contribution in [0, 0.1) is 10.1 Å². The third kappa shape index (κ3) is 6.23. The molecule has 0 unspecified atom stereocenters. The summed E-state index contributed by atoms with van der Waals surface area (Å²) < 4.78 is 23.8. The normalized spacial score (nSPS) is 10.9. The van der Waals surface area contributed by atoms with Gasteiger partial charge in [0.05, 0.1) is 21.1 Å². The van der Waals surface area contributed by atoms with Crippen LogP contribution in [-0.2, 0) is 16.3 Å². The molecule has 0 aliphatic rings. The Balaban J connectivity index is 1.79. The number of non-ortho nitro benzene ring substituents is 1. The number of amides is 2. The largest absolute Gasteiger partial charge is 0.352 e. The highest BCUT2D eigenvalue weighted by Crippen LogP contribution is 2.23. The topological polar surface area (TPSA) is 135 Å². The maximum absolute atomic E-state index is 12.8. The molecule has 0 aromatic heterocycles. The molecule has 0 spiro atoms. The van der Waals surface area contributed by atoms with Gasteiger partial charge < -0.3 is 10.6 Å². The van der Waals surface area contributed by atoms with Crippen molar-refractivity contribution in [2.24, 2.45) is 0 Å². The maximum Gasteiger partial charge on any atom is 0.271 e. The Morgan fingerprint density at radius 2 is 1.61 bits per heavy atom. The Morgan fingerprint density at radius 3 is 2.27 bits per heavy atom. The van der Waals surface area contributed by atoms with Crippen LogP contribution in [0.5, 0.6) is 0 Å². The van der Waals surface area contributed by atoms with Crippen molar-refractivity contribution in [1.82, 2.24) is 5.32 Å². The molecule has 0 atom stereocenters. The molecule has 2 N–H and O–H groups in total. The van der Waals surface area contributed by atoms with Crippen molar-refractivity contribution in [3.05, 3.63) is 99.6 Å². The molecule has 0 fully saturated rings. The van der Waals surface area contributed by atoms with Gasteiger partial charge in [0.25, 0.3) is 17.5 Å². The first-order chi connectivity index (χ1) is 15.6.